The predicted octanol–water partition coefficient (Wildman–Crippen LogP) is 1.38. The fourth-order valence-corrected chi connectivity index (χ4v) is 3.69. The smallest absolute Gasteiger partial charge is 0.748 e. The van der Waals surface area contributed by atoms with Gasteiger partial charge in [-0.25, -0.2) is 8.42 Å². The Morgan fingerprint density at radius 1 is 0.783 bits per heavy atom. The van der Waals surface area contributed by atoms with Crippen molar-refractivity contribution in [3.8, 4) is 0 Å². The van der Waals surface area contributed by atoms with E-state index in [2.05, 4.69) is 6.92 Å². The van der Waals surface area contributed by atoms with Crippen molar-refractivity contribution in [1.29, 1.82) is 0 Å². The van der Waals surface area contributed by atoms with E-state index in [4.69, 9.17) is 5.11 Å². The third kappa shape index (κ3) is 17.5. The number of hydrogen-bond acceptors (Lipinski definition) is 4. The molecule has 0 saturated carbocycles. The average Bonchev–Trinajstić information content (AvgIpc) is 2.46. The van der Waals surface area contributed by atoms with Crippen LogP contribution in [0.5, 0.6) is 0 Å². The summed E-state index contributed by atoms with van der Waals surface area (Å²) in [6.45, 7) is 2.37. The molecule has 0 aliphatic carbocycles. The van der Waals surface area contributed by atoms with Crippen molar-refractivity contribution < 1.29 is 47.6 Å². The van der Waals surface area contributed by atoms with Gasteiger partial charge in [0.15, 0.2) is 0 Å². The Bertz CT molecular complexity index is 333. The Labute approximate surface area is 165 Å². The Morgan fingerprint density at radius 3 is 1.57 bits per heavy atom. The molecule has 0 aliphatic heterocycles. The second-order valence-electron chi connectivity index (χ2n) is 6.30. The Kier molecular flexibility index (Phi) is 20.1. The number of aliphatic hydroxyl groups excluding tert-OH is 1. The zero-order valence-corrected chi connectivity index (χ0v) is 18.1. The van der Waals surface area contributed by atoms with Gasteiger partial charge in [0.05, 0.1) is 10.1 Å². The molecule has 0 rings (SSSR count). The van der Waals surface area contributed by atoms with Crippen LogP contribution in [0.1, 0.15) is 96.8 Å². The van der Waals surface area contributed by atoms with Crippen LogP contribution >= 0.6 is 0 Å². The van der Waals surface area contributed by atoms with Crippen LogP contribution in [0.2, 0.25) is 0 Å². The molecule has 0 saturated heterocycles. The molecule has 0 heterocycles. The van der Waals surface area contributed by atoms with Crippen LogP contribution in [0.15, 0.2) is 0 Å². The molecular formula is C17H35NaO4S. The van der Waals surface area contributed by atoms with Gasteiger partial charge in [-0.2, -0.15) is 0 Å². The molecule has 1 unspecified atom stereocenters. The third-order valence-corrected chi connectivity index (χ3v) is 5.51. The minimum atomic E-state index is -4.13. The second kappa shape index (κ2) is 17.7. The summed E-state index contributed by atoms with van der Waals surface area (Å²) in [6, 6.07) is 0. The molecule has 1 atom stereocenters. The molecule has 0 bridgehead atoms. The zero-order chi connectivity index (χ0) is 16.7. The van der Waals surface area contributed by atoms with Gasteiger partial charge in [0.25, 0.3) is 0 Å². The molecular weight excluding hydrogens is 323 g/mol. The Balaban J connectivity index is 0. The molecule has 4 nitrogen and oxygen atoms in total. The van der Waals surface area contributed by atoms with Crippen molar-refractivity contribution >= 4 is 10.1 Å². The summed E-state index contributed by atoms with van der Waals surface area (Å²) in [6.07, 6.45) is 13.8. The van der Waals surface area contributed by atoms with Crippen molar-refractivity contribution in [2.45, 2.75) is 102 Å². The quantitative estimate of drug-likeness (QED) is 0.257. The molecule has 6 heteroatoms. The standard InChI is InChI=1S/C17H36O4S.Na/c1-2-3-11-14-17(22(19,20)21)15-12-9-7-5-4-6-8-10-13-16-18;/h17-18H,2-16H2,1H3,(H,19,20,21);/q;+1/p-1. The van der Waals surface area contributed by atoms with Crippen LogP contribution < -0.4 is 29.6 Å². The van der Waals surface area contributed by atoms with E-state index in [9.17, 15) is 13.0 Å². The van der Waals surface area contributed by atoms with Crippen molar-refractivity contribution in [3.63, 3.8) is 0 Å². The molecule has 0 amide bonds. The predicted molar refractivity (Wildman–Crippen MR) is 90.9 cm³/mol. The number of unbranched alkanes of at least 4 members (excludes halogenated alkanes) is 10. The van der Waals surface area contributed by atoms with Crippen LogP contribution in [-0.2, 0) is 10.1 Å². The topological polar surface area (TPSA) is 77.4 Å². The molecule has 0 spiro atoms. The summed E-state index contributed by atoms with van der Waals surface area (Å²) in [5, 5.41) is 8.00. The number of hydrogen-bond donors (Lipinski definition) is 1. The SMILES string of the molecule is CCCCCC(CCCCCCCCCCCO)S(=O)(=O)[O-].[Na+]. The molecule has 0 aromatic heterocycles. The molecule has 134 valence electrons. The van der Waals surface area contributed by atoms with Crippen molar-refractivity contribution in [2.75, 3.05) is 6.61 Å². The molecule has 0 aliphatic rings. The first-order chi connectivity index (χ1) is 10.5. The van der Waals surface area contributed by atoms with Gasteiger partial charge >= 0.3 is 29.6 Å². The van der Waals surface area contributed by atoms with Gasteiger partial charge in [0.2, 0.25) is 0 Å². The van der Waals surface area contributed by atoms with E-state index in [1.807, 2.05) is 0 Å². The second-order valence-corrected chi connectivity index (χ2v) is 7.96. The summed E-state index contributed by atoms with van der Waals surface area (Å²) < 4.78 is 33.7. The largest absolute Gasteiger partial charge is 1.00 e. The first-order valence-corrected chi connectivity index (χ1v) is 10.5. The van der Waals surface area contributed by atoms with Crippen LogP contribution in [0.25, 0.3) is 0 Å². The first kappa shape index (κ1) is 26.1. The fraction of sp³-hybridized carbons (Fsp3) is 1.00. The Hall–Kier alpha value is 0.870. The van der Waals surface area contributed by atoms with Crippen LogP contribution in [-0.4, -0.2) is 29.9 Å². The van der Waals surface area contributed by atoms with E-state index in [1.54, 1.807) is 0 Å². The third-order valence-electron chi connectivity index (χ3n) is 4.22. The van der Waals surface area contributed by atoms with E-state index in [0.717, 1.165) is 51.4 Å². The maximum atomic E-state index is 11.2. The zero-order valence-electron chi connectivity index (χ0n) is 15.3. The maximum absolute atomic E-state index is 11.2. The summed E-state index contributed by atoms with van der Waals surface area (Å²) in [7, 11) is -4.13. The van der Waals surface area contributed by atoms with E-state index in [0.29, 0.717) is 19.4 Å². The van der Waals surface area contributed by atoms with Crippen LogP contribution in [0.3, 0.4) is 0 Å². The summed E-state index contributed by atoms with van der Waals surface area (Å²) in [5.74, 6) is 0. The molecule has 23 heavy (non-hydrogen) atoms. The molecule has 0 radical (unpaired) electrons. The molecule has 0 aromatic rings. The van der Waals surface area contributed by atoms with Crippen molar-refractivity contribution in [3.05, 3.63) is 0 Å². The van der Waals surface area contributed by atoms with Gasteiger partial charge in [-0.15, -0.1) is 0 Å². The summed E-state index contributed by atoms with van der Waals surface area (Å²) >= 11 is 0. The van der Waals surface area contributed by atoms with Crippen LogP contribution in [0.4, 0.5) is 0 Å². The van der Waals surface area contributed by atoms with Gasteiger partial charge < -0.3 is 9.66 Å². The Morgan fingerprint density at radius 2 is 1.17 bits per heavy atom. The normalized spacial score (nSPS) is 12.8. The maximum Gasteiger partial charge on any atom is 1.00 e. The van der Waals surface area contributed by atoms with Gasteiger partial charge in [-0.05, 0) is 19.3 Å². The van der Waals surface area contributed by atoms with Gasteiger partial charge in [0, 0.05) is 11.9 Å². The van der Waals surface area contributed by atoms with Crippen molar-refractivity contribution in [1.82, 2.24) is 0 Å². The summed E-state index contributed by atoms with van der Waals surface area (Å²) in [4.78, 5) is 0. The minimum absolute atomic E-state index is 0. The molecule has 0 aromatic carbocycles. The number of aliphatic hydroxyl groups is 1. The van der Waals surface area contributed by atoms with E-state index in [-0.39, 0.29) is 29.6 Å². The van der Waals surface area contributed by atoms with Gasteiger partial charge in [-0.1, -0.05) is 77.6 Å². The van der Waals surface area contributed by atoms with Crippen LogP contribution in [0, 0.1) is 0 Å². The van der Waals surface area contributed by atoms with E-state index < -0.39 is 15.4 Å². The average molecular weight is 359 g/mol. The van der Waals surface area contributed by atoms with Gasteiger partial charge in [-0.3, -0.25) is 0 Å². The molecule has 1 N–H and O–H groups in total. The monoisotopic (exact) mass is 358 g/mol. The van der Waals surface area contributed by atoms with Crippen molar-refractivity contribution in [2.24, 2.45) is 0 Å². The summed E-state index contributed by atoms with van der Waals surface area (Å²) in [5.41, 5.74) is 0. The minimum Gasteiger partial charge on any atom is -0.748 e. The first-order valence-electron chi connectivity index (χ1n) is 9.08. The van der Waals surface area contributed by atoms with E-state index in [1.165, 1.54) is 25.7 Å². The van der Waals surface area contributed by atoms with E-state index >= 15 is 0 Å². The van der Waals surface area contributed by atoms with Gasteiger partial charge in [0.1, 0.15) is 0 Å². The number of rotatable bonds is 16. The fourth-order valence-electron chi connectivity index (χ4n) is 2.78. The molecule has 0 fully saturated rings.